The molecule has 2 aromatic carbocycles. The number of benzene rings is 2. The number of rotatable bonds is 7. The van der Waals surface area contributed by atoms with Crippen molar-refractivity contribution in [2.75, 3.05) is 19.5 Å². The van der Waals surface area contributed by atoms with Gasteiger partial charge in [0.25, 0.3) is 5.56 Å². The van der Waals surface area contributed by atoms with E-state index >= 15 is 0 Å². The summed E-state index contributed by atoms with van der Waals surface area (Å²) in [4.78, 5) is 38.8. The molecule has 0 atom stereocenters. The number of hydrogen-bond acceptors (Lipinski definition) is 6. The predicted molar refractivity (Wildman–Crippen MR) is 124 cm³/mol. The van der Waals surface area contributed by atoms with Crippen LogP contribution in [-0.4, -0.2) is 29.3 Å². The Balaban J connectivity index is 1.65. The highest BCUT2D eigenvalue weighted by molar-refractivity contribution is 7.17. The highest BCUT2D eigenvalue weighted by atomic mass is 32.1. The van der Waals surface area contributed by atoms with Gasteiger partial charge in [0.05, 0.1) is 26.3 Å². The summed E-state index contributed by atoms with van der Waals surface area (Å²) in [6.45, 7) is -0.128. The molecule has 0 spiro atoms. The van der Waals surface area contributed by atoms with Crippen LogP contribution in [-0.2, 0) is 17.9 Å². The van der Waals surface area contributed by atoms with Crippen molar-refractivity contribution < 1.29 is 14.3 Å². The lowest BCUT2D eigenvalue weighted by atomic mass is 10.2. The zero-order valence-electron chi connectivity index (χ0n) is 17.5. The van der Waals surface area contributed by atoms with Crippen LogP contribution in [0, 0.1) is 0 Å². The van der Waals surface area contributed by atoms with Crippen LogP contribution >= 0.6 is 11.3 Å². The van der Waals surface area contributed by atoms with E-state index in [1.807, 2.05) is 0 Å². The van der Waals surface area contributed by atoms with Gasteiger partial charge in [0.2, 0.25) is 5.91 Å². The number of amides is 1. The zero-order valence-corrected chi connectivity index (χ0v) is 18.3. The number of thiophene rings is 1. The van der Waals surface area contributed by atoms with Crippen molar-refractivity contribution >= 4 is 33.1 Å². The third-order valence-electron chi connectivity index (χ3n) is 5.01. The SMILES string of the molecule is COc1ccc(Cn2c(=O)c3sccc3n(CC(=O)Nc3ccc(OC)cc3)c2=O)cc1. The van der Waals surface area contributed by atoms with E-state index in [4.69, 9.17) is 9.47 Å². The Bertz CT molecular complexity index is 1370. The van der Waals surface area contributed by atoms with Gasteiger partial charge in [-0.05, 0) is 53.4 Å². The number of anilines is 1. The molecule has 2 aromatic heterocycles. The van der Waals surface area contributed by atoms with Crippen molar-refractivity contribution in [1.29, 1.82) is 0 Å². The van der Waals surface area contributed by atoms with Crippen molar-refractivity contribution in [3.05, 3.63) is 86.4 Å². The molecule has 0 radical (unpaired) electrons. The quantitative estimate of drug-likeness (QED) is 0.467. The van der Waals surface area contributed by atoms with Gasteiger partial charge in [-0.15, -0.1) is 11.3 Å². The summed E-state index contributed by atoms with van der Waals surface area (Å²) in [5.74, 6) is 0.978. The van der Waals surface area contributed by atoms with Gasteiger partial charge in [-0.1, -0.05) is 12.1 Å². The van der Waals surface area contributed by atoms with E-state index in [9.17, 15) is 14.4 Å². The fourth-order valence-corrected chi connectivity index (χ4v) is 4.20. The molecule has 8 nitrogen and oxygen atoms in total. The molecular formula is C23H21N3O5S. The molecule has 0 saturated heterocycles. The molecule has 0 bridgehead atoms. The van der Waals surface area contributed by atoms with Crippen LogP contribution in [0.2, 0.25) is 0 Å². The lowest BCUT2D eigenvalue weighted by molar-refractivity contribution is -0.116. The molecule has 0 unspecified atom stereocenters. The maximum atomic E-state index is 13.2. The summed E-state index contributed by atoms with van der Waals surface area (Å²) in [6, 6.07) is 15.7. The number of nitrogens with zero attached hydrogens (tertiary/aromatic N) is 2. The summed E-state index contributed by atoms with van der Waals surface area (Å²) in [5, 5.41) is 4.51. The average Bonchev–Trinajstić information content (AvgIpc) is 3.30. The second-order valence-corrected chi connectivity index (χ2v) is 7.94. The molecule has 1 N–H and O–H groups in total. The summed E-state index contributed by atoms with van der Waals surface area (Å²) >= 11 is 1.24. The van der Waals surface area contributed by atoms with Crippen LogP contribution in [0.4, 0.5) is 5.69 Å². The van der Waals surface area contributed by atoms with Crippen molar-refractivity contribution in [3.63, 3.8) is 0 Å². The molecule has 4 rings (SSSR count). The molecule has 4 aromatic rings. The molecule has 164 valence electrons. The first-order chi connectivity index (χ1) is 15.5. The molecule has 32 heavy (non-hydrogen) atoms. The van der Waals surface area contributed by atoms with Crippen LogP contribution in [0.1, 0.15) is 5.56 Å². The molecule has 0 fully saturated rings. The number of fused-ring (bicyclic) bond motifs is 1. The lowest BCUT2D eigenvalue weighted by Crippen LogP contribution is -2.41. The standard InChI is InChI=1S/C23H21N3O5S/c1-30-17-7-3-15(4-8-17)13-26-22(28)21-19(11-12-32-21)25(23(26)29)14-20(27)24-16-5-9-18(31-2)10-6-16/h3-12H,13-14H2,1-2H3,(H,24,27). The fraction of sp³-hybridized carbons (Fsp3) is 0.174. The number of carbonyl (C=O) groups excluding carboxylic acids is 1. The molecular weight excluding hydrogens is 430 g/mol. The summed E-state index contributed by atoms with van der Waals surface area (Å²) in [6.07, 6.45) is 0. The van der Waals surface area contributed by atoms with E-state index < -0.39 is 5.69 Å². The van der Waals surface area contributed by atoms with Crippen molar-refractivity contribution in [2.45, 2.75) is 13.1 Å². The van der Waals surface area contributed by atoms with E-state index in [-0.39, 0.29) is 24.6 Å². The third kappa shape index (κ3) is 4.28. The van der Waals surface area contributed by atoms with Crippen LogP contribution < -0.4 is 26.0 Å². The largest absolute Gasteiger partial charge is 0.497 e. The van der Waals surface area contributed by atoms with Crippen LogP contribution in [0.15, 0.2) is 69.6 Å². The Labute approximate surface area is 187 Å². The van der Waals surface area contributed by atoms with Gasteiger partial charge in [-0.2, -0.15) is 0 Å². The Morgan fingerprint density at radius 1 is 0.906 bits per heavy atom. The minimum absolute atomic E-state index is 0.0929. The fourth-order valence-electron chi connectivity index (χ4n) is 3.36. The van der Waals surface area contributed by atoms with Gasteiger partial charge in [-0.3, -0.25) is 18.7 Å². The van der Waals surface area contributed by atoms with E-state index in [0.717, 1.165) is 10.1 Å². The van der Waals surface area contributed by atoms with Gasteiger partial charge in [0.15, 0.2) is 0 Å². The number of nitrogens with one attached hydrogen (secondary N) is 1. The summed E-state index contributed by atoms with van der Waals surface area (Å²) in [7, 11) is 3.13. The molecule has 0 aliphatic carbocycles. The first-order valence-corrected chi connectivity index (χ1v) is 10.7. The number of hydrogen-bond donors (Lipinski definition) is 1. The Morgan fingerprint density at radius 3 is 2.16 bits per heavy atom. The highest BCUT2D eigenvalue weighted by Gasteiger charge is 2.17. The zero-order chi connectivity index (χ0) is 22.7. The second kappa shape index (κ2) is 9.11. The minimum Gasteiger partial charge on any atom is -0.497 e. The van der Waals surface area contributed by atoms with Crippen LogP contribution in [0.25, 0.3) is 10.2 Å². The topological polar surface area (TPSA) is 91.6 Å². The maximum absolute atomic E-state index is 13.2. The normalized spacial score (nSPS) is 10.8. The average molecular weight is 452 g/mol. The monoisotopic (exact) mass is 451 g/mol. The van der Waals surface area contributed by atoms with Gasteiger partial charge in [0, 0.05) is 5.69 Å². The molecule has 2 heterocycles. The smallest absolute Gasteiger partial charge is 0.332 e. The van der Waals surface area contributed by atoms with Crippen molar-refractivity contribution in [3.8, 4) is 11.5 Å². The lowest BCUT2D eigenvalue weighted by Gasteiger charge is -2.13. The van der Waals surface area contributed by atoms with E-state index in [1.54, 1.807) is 74.2 Å². The Morgan fingerprint density at radius 2 is 1.53 bits per heavy atom. The number of ether oxygens (including phenoxy) is 2. The maximum Gasteiger partial charge on any atom is 0.332 e. The Hall–Kier alpha value is -3.85. The molecule has 0 aliphatic rings. The summed E-state index contributed by atoms with van der Waals surface area (Å²) in [5.41, 5.74) is 0.886. The molecule has 0 aliphatic heterocycles. The first kappa shape index (κ1) is 21.4. The van der Waals surface area contributed by atoms with Gasteiger partial charge >= 0.3 is 5.69 Å². The van der Waals surface area contributed by atoms with Crippen molar-refractivity contribution in [1.82, 2.24) is 9.13 Å². The number of aromatic nitrogens is 2. The second-order valence-electron chi connectivity index (χ2n) is 7.02. The highest BCUT2D eigenvalue weighted by Crippen LogP contribution is 2.18. The third-order valence-corrected chi connectivity index (χ3v) is 5.90. The molecule has 1 amide bonds. The molecule has 0 saturated carbocycles. The number of methoxy groups -OCH3 is 2. The summed E-state index contributed by atoms with van der Waals surface area (Å²) < 4.78 is 13.2. The minimum atomic E-state index is -0.540. The number of carbonyl (C=O) groups is 1. The Kier molecular flexibility index (Phi) is 6.09. The van der Waals surface area contributed by atoms with Crippen LogP contribution in [0.3, 0.4) is 0 Å². The van der Waals surface area contributed by atoms with Crippen LogP contribution in [0.5, 0.6) is 11.5 Å². The van der Waals surface area contributed by atoms with E-state index in [1.165, 1.54) is 15.9 Å². The van der Waals surface area contributed by atoms with Crippen molar-refractivity contribution in [2.24, 2.45) is 0 Å². The van der Waals surface area contributed by atoms with Gasteiger partial charge in [0.1, 0.15) is 22.7 Å². The first-order valence-electron chi connectivity index (χ1n) is 9.78. The van der Waals surface area contributed by atoms with Gasteiger partial charge < -0.3 is 14.8 Å². The predicted octanol–water partition coefficient (Wildman–Crippen LogP) is 2.93. The van der Waals surface area contributed by atoms with Gasteiger partial charge in [-0.25, -0.2) is 4.79 Å². The van der Waals surface area contributed by atoms with E-state index in [2.05, 4.69) is 5.32 Å². The van der Waals surface area contributed by atoms with E-state index in [0.29, 0.717) is 27.4 Å². The molecule has 9 heteroatoms.